The highest BCUT2D eigenvalue weighted by atomic mass is 32.1. The first kappa shape index (κ1) is 16.2. The first-order valence-electron chi connectivity index (χ1n) is 7.56. The number of thiophene rings is 1. The Morgan fingerprint density at radius 1 is 1.19 bits per heavy atom. The van der Waals surface area contributed by atoms with Crippen molar-refractivity contribution in [3.8, 4) is 0 Å². The van der Waals surface area contributed by atoms with Gasteiger partial charge in [-0.1, -0.05) is 24.3 Å². The third-order valence-corrected chi connectivity index (χ3v) is 4.71. The predicted molar refractivity (Wildman–Crippen MR) is 90.8 cm³/mol. The van der Waals surface area contributed by atoms with E-state index in [2.05, 4.69) is 56.4 Å². The molecule has 1 unspecified atom stereocenters. The van der Waals surface area contributed by atoms with Gasteiger partial charge in [-0.15, -0.1) is 11.3 Å². The van der Waals surface area contributed by atoms with Gasteiger partial charge in [-0.05, 0) is 50.5 Å². The van der Waals surface area contributed by atoms with Crippen molar-refractivity contribution < 1.29 is 4.74 Å². The molecule has 2 nitrogen and oxygen atoms in total. The van der Waals surface area contributed by atoms with Crippen LogP contribution in [0.1, 0.15) is 46.3 Å². The number of hydrogen-bond acceptors (Lipinski definition) is 3. The van der Waals surface area contributed by atoms with Crippen molar-refractivity contribution in [1.29, 1.82) is 0 Å². The van der Waals surface area contributed by atoms with Crippen molar-refractivity contribution in [2.45, 2.75) is 46.9 Å². The van der Waals surface area contributed by atoms with Gasteiger partial charge in [0, 0.05) is 28.9 Å². The molecular formula is C18H25NOS. The maximum Gasteiger partial charge on any atom is 0.0719 e. The van der Waals surface area contributed by atoms with Gasteiger partial charge in [0.15, 0.2) is 0 Å². The van der Waals surface area contributed by atoms with E-state index in [-0.39, 0.29) is 0 Å². The summed E-state index contributed by atoms with van der Waals surface area (Å²) in [5, 5.41) is 3.64. The Hall–Kier alpha value is -1.16. The topological polar surface area (TPSA) is 21.3 Å². The molecule has 0 saturated carbocycles. The lowest BCUT2D eigenvalue weighted by atomic mass is 10.1. The average Bonchev–Trinajstić information content (AvgIpc) is 2.82. The molecule has 0 aliphatic rings. The van der Waals surface area contributed by atoms with Crippen LogP contribution in [0.25, 0.3) is 0 Å². The summed E-state index contributed by atoms with van der Waals surface area (Å²) in [6.07, 6.45) is 0. The first-order valence-corrected chi connectivity index (χ1v) is 8.38. The Morgan fingerprint density at radius 2 is 1.90 bits per heavy atom. The van der Waals surface area contributed by atoms with Gasteiger partial charge < -0.3 is 10.1 Å². The van der Waals surface area contributed by atoms with E-state index in [1.165, 1.54) is 26.4 Å². The van der Waals surface area contributed by atoms with Crippen LogP contribution >= 0.6 is 11.3 Å². The Labute approximate surface area is 132 Å². The lowest BCUT2D eigenvalue weighted by Gasteiger charge is -2.16. The van der Waals surface area contributed by atoms with E-state index < -0.39 is 0 Å². The van der Waals surface area contributed by atoms with E-state index >= 15 is 0 Å². The smallest absolute Gasteiger partial charge is 0.0719 e. The Bertz CT molecular complexity index is 576. The van der Waals surface area contributed by atoms with Gasteiger partial charge in [0.25, 0.3) is 0 Å². The summed E-state index contributed by atoms with van der Waals surface area (Å²) in [4.78, 5) is 2.79. The van der Waals surface area contributed by atoms with Crippen LogP contribution in [-0.2, 0) is 17.9 Å². The highest BCUT2D eigenvalue weighted by molar-refractivity contribution is 7.12. The zero-order valence-corrected chi connectivity index (χ0v) is 14.2. The van der Waals surface area contributed by atoms with Crippen LogP contribution in [0.2, 0.25) is 0 Å². The molecule has 0 amide bonds. The fraction of sp³-hybridized carbons (Fsp3) is 0.444. The second kappa shape index (κ2) is 7.74. The molecule has 21 heavy (non-hydrogen) atoms. The van der Waals surface area contributed by atoms with Crippen molar-refractivity contribution in [3.05, 3.63) is 56.8 Å². The SMILES string of the molecule is CCOCc1ccccc1CNC(C)c1cc(C)sc1C. The Kier molecular flexibility index (Phi) is 5.97. The summed E-state index contributed by atoms with van der Waals surface area (Å²) in [6.45, 7) is 11.0. The molecule has 2 rings (SSSR count). The summed E-state index contributed by atoms with van der Waals surface area (Å²) in [5.41, 5.74) is 4.01. The summed E-state index contributed by atoms with van der Waals surface area (Å²) in [6, 6.07) is 11.2. The zero-order chi connectivity index (χ0) is 15.2. The molecule has 0 radical (unpaired) electrons. The van der Waals surface area contributed by atoms with Crippen LogP contribution in [0.4, 0.5) is 0 Å². The standard InChI is InChI=1S/C18H25NOS/c1-5-20-12-17-9-7-6-8-16(17)11-19-14(3)18-10-13(2)21-15(18)4/h6-10,14,19H,5,11-12H2,1-4H3. The van der Waals surface area contributed by atoms with Gasteiger partial charge in [-0.3, -0.25) is 0 Å². The first-order chi connectivity index (χ1) is 10.1. The predicted octanol–water partition coefficient (Wildman–Crippen LogP) is 4.75. The third kappa shape index (κ3) is 4.40. The highest BCUT2D eigenvalue weighted by Crippen LogP contribution is 2.26. The second-order valence-electron chi connectivity index (χ2n) is 5.38. The third-order valence-electron chi connectivity index (χ3n) is 3.72. The fourth-order valence-electron chi connectivity index (χ4n) is 2.54. The quantitative estimate of drug-likeness (QED) is 0.797. The number of aryl methyl sites for hydroxylation is 2. The van der Waals surface area contributed by atoms with Crippen LogP contribution in [0.15, 0.2) is 30.3 Å². The number of rotatable bonds is 7. The number of ether oxygens (including phenoxy) is 1. The molecule has 0 saturated heterocycles. The van der Waals surface area contributed by atoms with Gasteiger partial charge in [0.1, 0.15) is 0 Å². The average molecular weight is 303 g/mol. The van der Waals surface area contributed by atoms with Crippen LogP contribution in [-0.4, -0.2) is 6.61 Å². The van der Waals surface area contributed by atoms with E-state index in [9.17, 15) is 0 Å². The summed E-state index contributed by atoms with van der Waals surface area (Å²) in [5.74, 6) is 0. The lowest BCUT2D eigenvalue weighted by Crippen LogP contribution is -2.19. The minimum Gasteiger partial charge on any atom is -0.377 e. The summed E-state index contributed by atoms with van der Waals surface area (Å²) in [7, 11) is 0. The minimum absolute atomic E-state index is 0.370. The highest BCUT2D eigenvalue weighted by Gasteiger charge is 2.11. The monoisotopic (exact) mass is 303 g/mol. The number of hydrogen-bond donors (Lipinski definition) is 1. The maximum atomic E-state index is 5.55. The molecule has 1 atom stereocenters. The van der Waals surface area contributed by atoms with Gasteiger partial charge in [-0.25, -0.2) is 0 Å². The molecular weight excluding hydrogens is 278 g/mol. The normalized spacial score (nSPS) is 12.6. The van der Waals surface area contributed by atoms with Crippen LogP contribution in [0.3, 0.4) is 0 Å². The van der Waals surface area contributed by atoms with E-state index in [1.807, 2.05) is 18.3 Å². The number of benzene rings is 1. The van der Waals surface area contributed by atoms with Crippen molar-refractivity contribution in [2.75, 3.05) is 6.61 Å². The molecule has 1 aromatic carbocycles. The minimum atomic E-state index is 0.370. The van der Waals surface area contributed by atoms with E-state index in [1.54, 1.807) is 0 Å². The van der Waals surface area contributed by atoms with Crippen molar-refractivity contribution in [1.82, 2.24) is 5.32 Å². The van der Waals surface area contributed by atoms with Crippen molar-refractivity contribution >= 4 is 11.3 Å². The second-order valence-corrected chi connectivity index (χ2v) is 6.84. The molecule has 3 heteroatoms. The summed E-state index contributed by atoms with van der Waals surface area (Å²) < 4.78 is 5.55. The van der Waals surface area contributed by atoms with Gasteiger partial charge in [0.05, 0.1) is 6.61 Å². The molecule has 0 aliphatic carbocycles. The van der Waals surface area contributed by atoms with Crippen LogP contribution in [0, 0.1) is 13.8 Å². The van der Waals surface area contributed by atoms with Gasteiger partial charge in [-0.2, -0.15) is 0 Å². The molecule has 1 N–H and O–H groups in total. The largest absolute Gasteiger partial charge is 0.377 e. The van der Waals surface area contributed by atoms with Gasteiger partial charge >= 0.3 is 0 Å². The van der Waals surface area contributed by atoms with E-state index in [4.69, 9.17) is 4.74 Å². The zero-order valence-electron chi connectivity index (χ0n) is 13.4. The molecule has 0 bridgehead atoms. The Balaban J connectivity index is 2.01. The molecule has 2 aromatic rings. The molecule has 0 fully saturated rings. The van der Waals surface area contributed by atoms with E-state index in [0.717, 1.165) is 13.2 Å². The molecule has 1 heterocycles. The lowest BCUT2D eigenvalue weighted by molar-refractivity contribution is 0.133. The van der Waals surface area contributed by atoms with Gasteiger partial charge in [0.2, 0.25) is 0 Å². The maximum absolute atomic E-state index is 5.55. The van der Waals surface area contributed by atoms with Crippen LogP contribution < -0.4 is 5.32 Å². The van der Waals surface area contributed by atoms with E-state index in [0.29, 0.717) is 12.6 Å². The summed E-state index contributed by atoms with van der Waals surface area (Å²) >= 11 is 1.87. The van der Waals surface area contributed by atoms with Crippen molar-refractivity contribution in [3.63, 3.8) is 0 Å². The number of nitrogens with one attached hydrogen (secondary N) is 1. The van der Waals surface area contributed by atoms with Crippen molar-refractivity contribution in [2.24, 2.45) is 0 Å². The Morgan fingerprint density at radius 3 is 2.52 bits per heavy atom. The molecule has 114 valence electrons. The van der Waals surface area contributed by atoms with Crippen LogP contribution in [0.5, 0.6) is 0 Å². The molecule has 0 aliphatic heterocycles. The molecule has 0 spiro atoms. The molecule has 1 aromatic heterocycles. The fourth-order valence-corrected chi connectivity index (χ4v) is 3.56.